The molecule has 2 atom stereocenters. The number of hydrogen-bond acceptors (Lipinski definition) is 5. The van der Waals surface area contributed by atoms with Crippen molar-refractivity contribution in [1.82, 2.24) is 5.32 Å². The topological polar surface area (TPSA) is 90.7 Å². The summed E-state index contributed by atoms with van der Waals surface area (Å²) in [6.45, 7) is 0.559. The molecule has 1 aliphatic rings. The lowest BCUT2D eigenvalue weighted by Gasteiger charge is -2.16. The summed E-state index contributed by atoms with van der Waals surface area (Å²) in [5.74, 6) is 0.229. The van der Waals surface area contributed by atoms with Gasteiger partial charge in [-0.2, -0.15) is 0 Å². The average molecular weight is 318 g/mol. The maximum Gasteiger partial charge on any atom is 0.237 e. The Kier molecular flexibility index (Phi) is 5.76. The third kappa shape index (κ3) is 3.90. The number of ketones is 1. The molecule has 0 radical (unpaired) electrons. The van der Waals surface area contributed by atoms with Gasteiger partial charge in [-0.1, -0.05) is 12.1 Å². The molecule has 1 aromatic carbocycles. The molecule has 124 valence electrons. The fourth-order valence-electron chi connectivity index (χ4n) is 2.67. The van der Waals surface area contributed by atoms with Gasteiger partial charge in [0.15, 0.2) is 17.3 Å². The van der Waals surface area contributed by atoms with E-state index in [1.807, 2.05) is 12.1 Å². The Bertz CT molecular complexity index is 613. The second-order valence-corrected chi connectivity index (χ2v) is 5.38. The van der Waals surface area contributed by atoms with Gasteiger partial charge in [-0.05, 0) is 31.1 Å². The summed E-state index contributed by atoms with van der Waals surface area (Å²) < 4.78 is 10.6. The Morgan fingerprint density at radius 3 is 2.83 bits per heavy atom. The van der Waals surface area contributed by atoms with Gasteiger partial charge >= 0.3 is 0 Å². The molecule has 1 aromatic rings. The monoisotopic (exact) mass is 318 g/mol. The van der Waals surface area contributed by atoms with Gasteiger partial charge in [0.1, 0.15) is 0 Å². The Morgan fingerprint density at radius 2 is 2.13 bits per heavy atom. The van der Waals surface area contributed by atoms with Gasteiger partial charge in [-0.25, -0.2) is 0 Å². The molecule has 1 fully saturated rings. The molecule has 23 heavy (non-hydrogen) atoms. The normalized spacial score (nSPS) is 21.6. The molecule has 1 heterocycles. The van der Waals surface area contributed by atoms with Gasteiger partial charge in [0, 0.05) is 18.0 Å². The van der Waals surface area contributed by atoms with E-state index in [1.54, 1.807) is 26.4 Å². The summed E-state index contributed by atoms with van der Waals surface area (Å²) in [6, 6.07) is 4.62. The average Bonchev–Trinajstić information content (AvgIpc) is 2.74. The highest BCUT2D eigenvalue weighted by molar-refractivity contribution is 5.99. The van der Waals surface area contributed by atoms with E-state index >= 15 is 0 Å². The zero-order valence-electron chi connectivity index (χ0n) is 13.4. The highest BCUT2D eigenvalue weighted by atomic mass is 16.5. The minimum atomic E-state index is -0.804. The molecule has 2 unspecified atom stereocenters. The van der Waals surface area contributed by atoms with Crippen LogP contribution >= 0.6 is 0 Å². The number of amides is 1. The van der Waals surface area contributed by atoms with E-state index in [0.29, 0.717) is 24.5 Å². The second-order valence-electron chi connectivity index (χ2n) is 5.38. The Hall–Kier alpha value is -2.34. The van der Waals surface area contributed by atoms with E-state index in [-0.39, 0.29) is 11.7 Å². The molecule has 0 saturated carbocycles. The van der Waals surface area contributed by atoms with Crippen LogP contribution in [-0.4, -0.2) is 38.5 Å². The minimum absolute atomic E-state index is 0.153. The van der Waals surface area contributed by atoms with Crippen LogP contribution in [0.1, 0.15) is 18.4 Å². The SMILES string of the molecule is COc1cccc(C=CC(=O)C2CCCNC(=O)C2N)c1OC. The van der Waals surface area contributed by atoms with E-state index in [4.69, 9.17) is 15.2 Å². The first-order chi connectivity index (χ1) is 11.1. The largest absolute Gasteiger partial charge is 0.493 e. The van der Waals surface area contributed by atoms with Gasteiger partial charge in [0.25, 0.3) is 0 Å². The molecule has 0 spiro atoms. The lowest BCUT2D eigenvalue weighted by atomic mass is 9.91. The van der Waals surface area contributed by atoms with E-state index in [1.165, 1.54) is 6.08 Å². The van der Waals surface area contributed by atoms with E-state index in [2.05, 4.69) is 5.32 Å². The molecule has 0 aliphatic carbocycles. The molecule has 0 bridgehead atoms. The number of benzene rings is 1. The first-order valence-corrected chi connectivity index (χ1v) is 7.54. The molecular weight excluding hydrogens is 296 g/mol. The molecule has 6 heteroatoms. The van der Waals surface area contributed by atoms with Crippen LogP contribution in [0.15, 0.2) is 24.3 Å². The van der Waals surface area contributed by atoms with Crippen molar-refractivity contribution < 1.29 is 19.1 Å². The summed E-state index contributed by atoms with van der Waals surface area (Å²) >= 11 is 0. The van der Waals surface area contributed by atoms with Crippen molar-refractivity contribution in [1.29, 1.82) is 0 Å². The van der Waals surface area contributed by atoms with Crippen molar-refractivity contribution in [2.75, 3.05) is 20.8 Å². The highest BCUT2D eigenvalue weighted by Gasteiger charge is 2.30. The van der Waals surface area contributed by atoms with Crippen molar-refractivity contribution in [3.05, 3.63) is 29.8 Å². The molecule has 1 saturated heterocycles. The first kappa shape index (κ1) is 17.0. The van der Waals surface area contributed by atoms with Crippen LogP contribution in [-0.2, 0) is 9.59 Å². The number of methoxy groups -OCH3 is 2. The van der Waals surface area contributed by atoms with Crippen LogP contribution in [0.25, 0.3) is 6.08 Å². The standard InChI is InChI=1S/C17H22N2O4/c1-22-14-7-3-5-11(16(14)23-2)8-9-13(20)12-6-4-10-19-17(21)15(12)18/h3,5,7-9,12,15H,4,6,10,18H2,1-2H3,(H,19,21). The fraction of sp³-hybridized carbons (Fsp3) is 0.412. The number of carbonyl (C=O) groups is 2. The molecule has 1 aliphatic heterocycles. The number of carbonyl (C=O) groups excluding carboxylic acids is 2. The summed E-state index contributed by atoms with van der Waals surface area (Å²) in [4.78, 5) is 24.2. The minimum Gasteiger partial charge on any atom is -0.493 e. The van der Waals surface area contributed by atoms with Crippen LogP contribution in [0, 0.1) is 5.92 Å². The first-order valence-electron chi connectivity index (χ1n) is 7.54. The Morgan fingerprint density at radius 1 is 1.35 bits per heavy atom. The molecule has 2 rings (SSSR count). The van der Waals surface area contributed by atoms with Crippen LogP contribution < -0.4 is 20.5 Å². The van der Waals surface area contributed by atoms with Gasteiger partial charge in [-0.15, -0.1) is 0 Å². The zero-order chi connectivity index (χ0) is 16.8. The summed E-state index contributed by atoms with van der Waals surface area (Å²) in [6.07, 6.45) is 4.46. The summed E-state index contributed by atoms with van der Waals surface area (Å²) in [5.41, 5.74) is 6.61. The number of ether oxygens (including phenoxy) is 2. The van der Waals surface area contributed by atoms with Gasteiger partial charge in [-0.3, -0.25) is 9.59 Å². The Labute approximate surface area is 135 Å². The van der Waals surface area contributed by atoms with Crippen LogP contribution in [0.3, 0.4) is 0 Å². The van der Waals surface area contributed by atoms with Crippen molar-refractivity contribution in [2.24, 2.45) is 11.7 Å². The lowest BCUT2D eigenvalue weighted by Crippen LogP contribution is -2.45. The second kappa shape index (κ2) is 7.78. The van der Waals surface area contributed by atoms with Crippen LogP contribution in [0.4, 0.5) is 0 Å². The van der Waals surface area contributed by atoms with Gasteiger partial charge < -0.3 is 20.5 Å². The Balaban J connectivity index is 2.19. The number of nitrogens with two attached hydrogens (primary N) is 1. The number of para-hydroxylation sites is 1. The molecule has 3 N–H and O–H groups in total. The lowest BCUT2D eigenvalue weighted by molar-refractivity contribution is -0.127. The van der Waals surface area contributed by atoms with Gasteiger partial charge in [0.05, 0.1) is 20.3 Å². The number of rotatable bonds is 5. The smallest absolute Gasteiger partial charge is 0.237 e. The molecule has 6 nitrogen and oxygen atoms in total. The van der Waals surface area contributed by atoms with Crippen molar-refractivity contribution >= 4 is 17.8 Å². The fourth-order valence-corrected chi connectivity index (χ4v) is 2.67. The van der Waals surface area contributed by atoms with Crippen LogP contribution in [0.5, 0.6) is 11.5 Å². The van der Waals surface area contributed by atoms with E-state index < -0.39 is 12.0 Å². The van der Waals surface area contributed by atoms with Crippen molar-refractivity contribution in [3.8, 4) is 11.5 Å². The predicted octanol–water partition coefficient (Wildman–Crippen LogP) is 1.14. The molecule has 0 aromatic heterocycles. The highest BCUT2D eigenvalue weighted by Crippen LogP contribution is 2.31. The van der Waals surface area contributed by atoms with Gasteiger partial charge in [0.2, 0.25) is 5.91 Å². The number of allylic oxidation sites excluding steroid dienone is 1. The number of hydrogen-bond donors (Lipinski definition) is 2. The summed E-state index contributed by atoms with van der Waals surface area (Å²) in [7, 11) is 3.10. The maximum absolute atomic E-state index is 12.4. The molecule has 1 amide bonds. The third-order valence-electron chi connectivity index (χ3n) is 3.95. The molecular formula is C17H22N2O4. The zero-order valence-corrected chi connectivity index (χ0v) is 13.4. The third-order valence-corrected chi connectivity index (χ3v) is 3.95. The number of nitrogens with one attached hydrogen (secondary N) is 1. The van der Waals surface area contributed by atoms with E-state index in [9.17, 15) is 9.59 Å². The predicted molar refractivity (Wildman–Crippen MR) is 87.3 cm³/mol. The van der Waals surface area contributed by atoms with Crippen molar-refractivity contribution in [3.63, 3.8) is 0 Å². The van der Waals surface area contributed by atoms with E-state index in [0.717, 1.165) is 12.0 Å². The maximum atomic E-state index is 12.4. The summed E-state index contributed by atoms with van der Waals surface area (Å²) in [5, 5.41) is 2.71. The van der Waals surface area contributed by atoms with Crippen molar-refractivity contribution in [2.45, 2.75) is 18.9 Å². The van der Waals surface area contributed by atoms with Crippen LogP contribution in [0.2, 0.25) is 0 Å². The quantitative estimate of drug-likeness (QED) is 0.795.